The normalized spacial score (nSPS) is 19.4. The first-order valence-corrected chi connectivity index (χ1v) is 5.86. The SMILES string of the molecule is COCC(O)CNC(=O)CC1CCNCC1. The molecule has 0 spiro atoms. The highest BCUT2D eigenvalue weighted by Crippen LogP contribution is 2.15. The predicted molar refractivity (Wildman–Crippen MR) is 61.1 cm³/mol. The fourth-order valence-electron chi connectivity index (χ4n) is 1.90. The molecule has 0 saturated carbocycles. The fourth-order valence-corrected chi connectivity index (χ4v) is 1.90. The molecule has 1 saturated heterocycles. The van der Waals surface area contributed by atoms with Gasteiger partial charge >= 0.3 is 0 Å². The summed E-state index contributed by atoms with van der Waals surface area (Å²) in [6.07, 6.45) is 2.09. The molecule has 5 heteroatoms. The van der Waals surface area contributed by atoms with Crippen molar-refractivity contribution >= 4 is 5.91 Å². The Morgan fingerprint density at radius 1 is 1.56 bits per heavy atom. The Kier molecular flexibility index (Phi) is 6.37. The Hall–Kier alpha value is -0.650. The average molecular weight is 230 g/mol. The van der Waals surface area contributed by atoms with Crippen molar-refractivity contribution in [3.8, 4) is 0 Å². The summed E-state index contributed by atoms with van der Waals surface area (Å²) < 4.78 is 4.78. The van der Waals surface area contributed by atoms with Crippen molar-refractivity contribution in [1.29, 1.82) is 0 Å². The molecule has 1 heterocycles. The lowest BCUT2D eigenvalue weighted by Crippen LogP contribution is -2.36. The number of hydrogen-bond donors (Lipinski definition) is 3. The van der Waals surface area contributed by atoms with Crippen LogP contribution in [0.15, 0.2) is 0 Å². The van der Waals surface area contributed by atoms with Crippen LogP contribution in [0.1, 0.15) is 19.3 Å². The van der Waals surface area contributed by atoms with Crippen LogP contribution in [-0.4, -0.2) is 50.5 Å². The van der Waals surface area contributed by atoms with Crippen molar-refractivity contribution in [2.24, 2.45) is 5.92 Å². The van der Waals surface area contributed by atoms with Crippen molar-refractivity contribution in [2.75, 3.05) is 33.4 Å². The highest BCUT2D eigenvalue weighted by molar-refractivity contribution is 5.76. The van der Waals surface area contributed by atoms with E-state index < -0.39 is 6.10 Å². The minimum Gasteiger partial charge on any atom is -0.389 e. The Balaban J connectivity index is 2.10. The maximum Gasteiger partial charge on any atom is 0.220 e. The smallest absolute Gasteiger partial charge is 0.220 e. The third kappa shape index (κ3) is 5.44. The fraction of sp³-hybridized carbons (Fsp3) is 0.909. The molecule has 1 unspecified atom stereocenters. The summed E-state index contributed by atoms with van der Waals surface area (Å²) in [4.78, 5) is 11.5. The molecule has 1 amide bonds. The van der Waals surface area contributed by atoms with Crippen LogP contribution >= 0.6 is 0 Å². The number of carbonyl (C=O) groups excluding carboxylic acids is 1. The van der Waals surface area contributed by atoms with E-state index in [4.69, 9.17) is 4.74 Å². The molecule has 0 bridgehead atoms. The van der Waals surface area contributed by atoms with Gasteiger partial charge in [0.2, 0.25) is 5.91 Å². The van der Waals surface area contributed by atoms with E-state index >= 15 is 0 Å². The number of hydrogen-bond acceptors (Lipinski definition) is 4. The first-order chi connectivity index (χ1) is 7.72. The van der Waals surface area contributed by atoms with E-state index in [0.717, 1.165) is 25.9 Å². The molecule has 1 aliphatic heterocycles. The van der Waals surface area contributed by atoms with Gasteiger partial charge in [0.05, 0.1) is 12.7 Å². The van der Waals surface area contributed by atoms with Gasteiger partial charge in [0.15, 0.2) is 0 Å². The lowest BCUT2D eigenvalue weighted by Gasteiger charge is -2.22. The van der Waals surface area contributed by atoms with Crippen molar-refractivity contribution in [3.05, 3.63) is 0 Å². The average Bonchev–Trinajstić information content (AvgIpc) is 2.28. The second-order valence-electron chi connectivity index (χ2n) is 4.31. The van der Waals surface area contributed by atoms with Gasteiger partial charge in [-0.2, -0.15) is 0 Å². The summed E-state index contributed by atoms with van der Waals surface area (Å²) in [6.45, 7) is 2.54. The molecule has 0 aliphatic carbocycles. The minimum absolute atomic E-state index is 0.0297. The Morgan fingerprint density at radius 2 is 2.25 bits per heavy atom. The van der Waals surface area contributed by atoms with Gasteiger partial charge < -0.3 is 20.5 Å². The van der Waals surface area contributed by atoms with Gasteiger partial charge in [0.25, 0.3) is 0 Å². The maximum atomic E-state index is 11.5. The van der Waals surface area contributed by atoms with Gasteiger partial charge in [0.1, 0.15) is 0 Å². The first-order valence-electron chi connectivity index (χ1n) is 5.86. The van der Waals surface area contributed by atoms with E-state index in [1.54, 1.807) is 0 Å². The highest BCUT2D eigenvalue weighted by atomic mass is 16.5. The van der Waals surface area contributed by atoms with Gasteiger partial charge in [-0.1, -0.05) is 0 Å². The molecule has 0 aromatic rings. The van der Waals surface area contributed by atoms with Crippen LogP contribution in [0.4, 0.5) is 0 Å². The molecule has 16 heavy (non-hydrogen) atoms. The molecular weight excluding hydrogens is 208 g/mol. The third-order valence-corrected chi connectivity index (χ3v) is 2.83. The summed E-state index contributed by atoms with van der Waals surface area (Å²) in [5.41, 5.74) is 0. The summed E-state index contributed by atoms with van der Waals surface area (Å²) in [7, 11) is 1.53. The van der Waals surface area contributed by atoms with E-state index in [0.29, 0.717) is 12.3 Å². The number of ether oxygens (including phenoxy) is 1. The van der Waals surface area contributed by atoms with Crippen LogP contribution in [0.3, 0.4) is 0 Å². The number of carbonyl (C=O) groups is 1. The largest absolute Gasteiger partial charge is 0.389 e. The quantitative estimate of drug-likeness (QED) is 0.575. The molecule has 94 valence electrons. The molecule has 0 aromatic heterocycles. The van der Waals surface area contributed by atoms with Gasteiger partial charge in [-0.3, -0.25) is 4.79 Å². The Bertz CT molecular complexity index is 205. The maximum absolute atomic E-state index is 11.5. The number of aliphatic hydroxyl groups is 1. The van der Waals surface area contributed by atoms with E-state index in [9.17, 15) is 9.90 Å². The van der Waals surface area contributed by atoms with Crippen molar-refractivity contribution < 1.29 is 14.6 Å². The third-order valence-electron chi connectivity index (χ3n) is 2.83. The van der Waals surface area contributed by atoms with Crippen molar-refractivity contribution in [1.82, 2.24) is 10.6 Å². The predicted octanol–water partition coefficient (Wildman–Crippen LogP) is -0.500. The zero-order valence-corrected chi connectivity index (χ0v) is 9.87. The van der Waals surface area contributed by atoms with Crippen molar-refractivity contribution in [2.45, 2.75) is 25.4 Å². The molecule has 0 aromatic carbocycles. The number of methoxy groups -OCH3 is 1. The summed E-state index contributed by atoms with van der Waals surface area (Å²) in [6, 6.07) is 0. The zero-order valence-electron chi connectivity index (χ0n) is 9.87. The standard InChI is InChI=1S/C11H22N2O3/c1-16-8-10(14)7-13-11(15)6-9-2-4-12-5-3-9/h9-10,12,14H,2-8H2,1H3,(H,13,15). The van der Waals surface area contributed by atoms with E-state index in [-0.39, 0.29) is 19.1 Å². The number of amides is 1. The molecule has 0 radical (unpaired) electrons. The molecular formula is C11H22N2O3. The highest BCUT2D eigenvalue weighted by Gasteiger charge is 2.16. The molecule has 5 nitrogen and oxygen atoms in total. The molecule has 1 rings (SSSR count). The Morgan fingerprint density at radius 3 is 2.88 bits per heavy atom. The number of piperidine rings is 1. The first kappa shape index (κ1) is 13.4. The lowest BCUT2D eigenvalue weighted by molar-refractivity contribution is -0.122. The second kappa shape index (κ2) is 7.60. The molecule has 1 aliphatic rings. The zero-order chi connectivity index (χ0) is 11.8. The second-order valence-corrected chi connectivity index (χ2v) is 4.31. The summed E-state index contributed by atoms with van der Waals surface area (Å²) in [5, 5.41) is 15.3. The van der Waals surface area contributed by atoms with Gasteiger partial charge in [0, 0.05) is 20.1 Å². The van der Waals surface area contributed by atoms with Crippen LogP contribution in [-0.2, 0) is 9.53 Å². The van der Waals surface area contributed by atoms with E-state index in [1.807, 2.05) is 0 Å². The number of nitrogens with one attached hydrogen (secondary N) is 2. The van der Waals surface area contributed by atoms with Crippen LogP contribution in [0.25, 0.3) is 0 Å². The van der Waals surface area contributed by atoms with Crippen LogP contribution < -0.4 is 10.6 Å². The van der Waals surface area contributed by atoms with Crippen molar-refractivity contribution in [3.63, 3.8) is 0 Å². The summed E-state index contributed by atoms with van der Waals surface area (Å²) in [5.74, 6) is 0.517. The lowest BCUT2D eigenvalue weighted by atomic mass is 9.94. The number of rotatable bonds is 6. The molecule has 1 fully saturated rings. The van der Waals surface area contributed by atoms with E-state index in [1.165, 1.54) is 7.11 Å². The molecule has 1 atom stereocenters. The Labute approximate surface area is 96.6 Å². The van der Waals surface area contributed by atoms with Crippen LogP contribution in [0, 0.1) is 5.92 Å². The number of aliphatic hydroxyl groups excluding tert-OH is 1. The summed E-state index contributed by atoms with van der Waals surface area (Å²) >= 11 is 0. The monoisotopic (exact) mass is 230 g/mol. The molecule has 3 N–H and O–H groups in total. The van der Waals surface area contributed by atoms with Gasteiger partial charge in [-0.15, -0.1) is 0 Å². The minimum atomic E-state index is -0.609. The van der Waals surface area contributed by atoms with Crippen LogP contribution in [0.5, 0.6) is 0 Å². The van der Waals surface area contributed by atoms with E-state index in [2.05, 4.69) is 10.6 Å². The van der Waals surface area contributed by atoms with Gasteiger partial charge in [-0.25, -0.2) is 0 Å². The topological polar surface area (TPSA) is 70.6 Å². The van der Waals surface area contributed by atoms with Gasteiger partial charge in [-0.05, 0) is 31.8 Å². The van der Waals surface area contributed by atoms with Crippen LogP contribution in [0.2, 0.25) is 0 Å².